The highest BCUT2D eigenvalue weighted by Crippen LogP contribution is 2.34. The van der Waals surface area contributed by atoms with E-state index in [4.69, 9.17) is 5.84 Å². The molecule has 0 radical (unpaired) electrons. The van der Waals surface area contributed by atoms with Crippen LogP contribution >= 0.6 is 22.9 Å². The van der Waals surface area contributed by atoms with Gasteiger partial charge in [0.1, 0.15) is 0 Å². The normalized spacial score (nSPS) is 13.9. The summed E-state index contributed by atoms with van der Waals surface area (Å²) in [7, 11) is 0. The van der Waals surface area contributed by atoms with E-state index in [1.165, 1.54) is 16.4 Å². The van der Waals surface area contributed by atoms with Crippen LogP contribution in [0.5, 0.6) is 0 Å². The van der Waals surface area contributed by atoms with Crippen molar-refractivity contribution in [3.8, 4) is 0 Å². The van der Waals surface area contributed by atoms with Crippen LogP contribution < -0.4 is 11.3 Å². The van der Waals surface area contributed by atoms with Crippen molar-refractivity contribution in [2.45, 2.75) is 32.2 Å². The first-order valence-electron chi connectivity index (χ1n) is 5.36. The van der Waals surface area contributed by atoms with Crippen molar-refractivity contribution >= 4 is 22.9 Å². The van der Waals surface area contributed by atoms with Crippen molar-refractivity contribution < 1.29 is 0 Å². The summed E-state index contributed by atoms with van der Waals surface area (Å²) in [5.74, 6) is 5.68. The highest BCUT2D eigenvalue weighted by molar-refractivity contribution is 7.10. The fraction of sp³-hybridized carbons (Fsp3) is 0.455. The van der Waals surface area contributed by atoms with Crippen molar-refractivity contribution in [2.24, 2.45) is 5.84 Å². The van der Waals surface area contributed by atoms with Crippen molar-refractivity contribution in [3.63, 3.8) is 0 Å². The molecule has 0 aromatic carbocycles. The second kappa shape index (κ2) is 4.81. The topological polar surface area (TPSA) is 63.8 Å². The zero-order chi connectivity index (χ0) is 12.5. The van der Waals surface area contributed by atoms with E-state index < -0.39 is 0 Å². The SMILES string of the molecule is CC(C)(C)c1nnsc1C(NN)c1cccs1. The minimum absolute atomic E-state index is 0.00998. The maximum Gasteiger partial charge on any atom is 0.0929 e. The van der Waals surface area contributed by atoms with Gasteiger partial charge in [-0.05, 0) is 23.0 Å². The quantitative estimate of drug-likeness (QED) is 0.663. The summed E-state index contributed by atoms with van der Waals surface area (Å²) in [4.78, 5) is 2.28. The van der Waals surface area contributed by atoms with Crippen molar-refractivity contribution in [1.29, 1.82) is 0 Å². The lowest BCUT2D eigenvalue weighted by Gasteiger charge is -2.20. The molecule has 0 spiro atoms. The molecule has 6 heteroatoms. The Morgan fingerprint density at radius 3 is 2.71 bits per heavy atom. The molecule has 0 fully saturated rings. The van der Waals surface area contributed by atoms with E-state index in [2.05, 4.69) is 41.9 Å². The van der Waals surface area contributed by atoms with Gasteiger partial charge >= 0.3 is 0 Å². The number of hydrazine groups is 1. The molecule has 0 amide bonds. The van der Waals surface area contributed by atoms with E-state index in [1.54, 1.807) is 11.3 Å². The van der Waals surface area contributed by atoms with E-state index in [9.17, 15) is 0 Å². The number of hydrogen-bond donors (Lipinski definition) is 2. The number of nitrogens with zero attached hydrogens (tertiary/aromatic N) is 2. The van der Waals surface area contributed by atoms with Crippen LogP contribution in [-0.4, -0.2) is 9.59 Å². The zero-order valence-corrected chi connectivity index (χ0v) is 11.7. The minimum Gasteiger partial charge on any atom is -0.271 e. The molecule has 3 N–H and O–H groups in total. The molecule has 0 aliphatic rings. The van der Waals surface area contributed by atoms with Crippen LogP contribution in [0, 0.1) is 0 Å². The zero-order valence-electron chi connectivity index (χ0n) is 10.1. The molecule has 2 heterocycles. The number of rotatable bonds is 3. The first-order valence-corrected chi connectivity index (χ1v) is 7.01. The van der Waals surface area contributed by atoms with Gasteiger partial charge in [0.15, 0.2) is 0 Å². The number of thiophene rings is 1. The number of nitrogens with one attached hydrogen (secondary N) is 1. The predicted octanol–water partition coefficient (Wildman–Crippen LogP) is 2.45. The van der Waals surface area contributed by atoms with Crippen molar-refractivity contribution in [1.82, 2.24) is 15.0 Å². The van der Waals surface area contributed by atoms with Gasteiger partial charge in [0.25, 0.3) is 0 Å². The van der Waals surface area contributed by atoms with Crippen molar-refractivity contribution in [2.75, 3.05) is 0 Å². The van der Waals surface area contributed by atoms with Crippen molar-refractivity contribution in [3.05, 3.63) is 33.0 Å². The van der Waals surface area contributed by atoms with Crippen LogP contribution in [-0.2, 0) is 5.41 Å². The van der Waals surface area contributed by atoms with Gasteiger partial charge in [-0.3, -0.25) is 5.84 Å². The van der Waals surface area contributed by atoms with Gasteiger partial charge in [0.2, 0.25) is 0 Å². The summed E-state index contributed by atoms with van der Waals surface area (Å²) in [6.45, 7) is 6.40. The standard InChI is InChI=1S/C11H16N4S2/c1-11(2,3)10-9(17-15-14-10)8(13-12)7-5-4-6-16-7/h4-6,8,13H,12H2,1-3H3. The Kier molecular flexibility index (Phi) is 3.58. The van der Waals surface area contributed by atoms with Gasteiger partial charge in [-0.1, -0.05) is 31.3 Å². The smallest absolute Gasteiger partial charge is 0.0929 e. The summed E-state index contributed by atoms with van der Waals surface area (Å²) in [6.07, 6.45) is 0. The highest BCUT2D eigenvalue weighted by atomic mass is 32.1. The monoisotopic (exact) mass is 268 g/mol. The molecule has 2 rings (SSSR count). The van der Waals surface area contributed by atoms with Crippen LogP contribution in [0.4, 0.5) is 0 Å². The Balaban J connectivity index is 2.42. The Labute approximate surface area is 109 Å². The molecule has 4 nitrogen and oxygen atoms in total. The van der Waals surface area contributed by atoms with Gasteiger partial charge in [0.05, 0.1) is 16.6 Å². The number of aromatic nitrogens is 2. The lowest BCUT2D eigenvalue weighted by atomic mass is 9.90. The van der Waals surface area contributed by atoms with Crippen LogP contribution in [0.2, 0.25) is 0 Å². The third-order valence-electron chi connectivity index (χ3n) is 2.48. The average Bonchev–Trinajstić information content (AvgIpc) is 2.87. The molecule has 2 aromatic heterocycles. The lowest BCUT2D eigenvalue weighted by Crippen LogP contribution is -2.29. The molecule has 92 valence electrons. The maximum atomic E-state index is 5.68. The van der Waals surface area contributed by atoms with Crippen LogP contribution in [0.15, 0.2) is 17.5 Å². The third kappa shape index (κ3) is 2.55. The number of nitrogens with two attached hydrogens (primary N) is 1. The predicted molar refractivity (Wildman–Crippen MR) is 72.1 cm³/mol. The lowest BCUT2D eigenvalue weighted by molar-refractivity contribution is 0.545. The van der Waals surface area contributed by atoms with Crippen LogP contribution in [0.25, 0.3) is 0 Å². The summed E-state index contributed by atoms with van der Waals surface area (Å²) in [6, 6.07) is 4.08. The molecule has 0 aliphatic carbocycles. The molecular weight excluding hydrogens is 252 g/mol. The summed E-state index contributed by atoms with van der Waals surface area (Å²) >= 11 is 3.09. The second-order valence-electron chi connectivity index (χ2n) is 4.85. The first kappa shape index (κ1) is 12.6. The Bertz CT molecular complexity index is 470. The third-order valence-corrected chi connectivity index (χ3v) is 4.21. The second-order valence-corrected chi connectivity index (χ2v) is 6.62. The molecule has 0 bridgehead atoms. The van der Waals surface area contributed by atoms with E-state index in [0.717, 1.165) is 10.6 Å². The molecular formula is C11H16N4S2. The molecule has 1 atom stereocenters. The molecule has 0 saturated heterocycles. The van der Waals surface area contributed by atoms with Crippen LogP contribution in [0.1, 0.15) is 42.3 Å². The van der Waals surface area contributed by atoms with E-state index >= 15 is 0 Å². The Hall–Kier alpha value is -0.820. The number of hydrogen-bond acceptors (Lipinski definition) is 6. The summed E-state index contributed by atoms with van der Waals surface area (Å²) < 4.78 is 4.07. The maximum absolute atomic E-state index is 5.68. The Morgan fingerprint density at radius 2 is 2.18 bits per heavy atom. The van der Waals surface area contributed by atoms with E-state index in [-0.39, 0.29) is 11.5 Å². The fourth-order valence-corrected chi connectivity index (χ4v) is 3.46. The first-order chi connectivity index (χ1) is 8.04. The summed E-state index contributed by atoms with van der Waals surface area (Å²) in [5, 5.41) is 6.29. The van der Waals surface area contributed by atoms with Gasteiger partial charge in [-0.2, -0.15) is 0 Å². The highest BCUT2D eigenvalue weighted by Gasteiger charge is 2.27. The Morgan fingerprint density at radius 1 is 1.41 bits per heavy atom. The van der Waals surface area contributed by atoms with E-state index in [1.807, 2.05) is 11.4 Å². The molecule has 2 aromatic rings. The van der Waals surface area contributed by atoms with E-state index in [0.29, 0.717) is 0 Å². The molecule has 1 unspecified atom stereocenters. The van der Waals surface area contributed by atoms with Gasteiger partial charge in [0, 0.05) is 10.3 Å². The summed E-state index contributed by atoms with van der Waals surface area (Å²) in [5.41, 5.74) is 3.85. The van der Waals surface area contributed by atoms with Gasteiger partial charge in [-0.25, -0.2) is 5.43 Å². The van der Waals surface area contributed by atoms with Gasteiger partial charge in [-0.15, -0.1) is 16.4 Å². The molecule has 17 heavy (non-hydrogen) atoms. The average molecular weight is 268 g/mol. The minimum atomic E-state index is -0.0192. The molecule has 0 aliphatic heterocycles. The largest absolute Gasteiger partial charge is 0.271 e. The van der Waals surface area contributed by atoms with Gasteiger partial charge < -0.3 is 0 Å². The molecule has 0 saturated carbocycles. The fourth-order valence-electron chi connectivity index (χ4n) is 1.65. The van der Waals surface area contributed by atoms with Crippen LogP contribution in [0.3, 0.4) is 0 Å².